The number of amides is 3. The van der Waals surface area contributed by atoms with E-state index in [1.165, 1.54) is 6.08 Å². The van der Waals surface area contributed by atoms with Gasteiger partial charge in [0.05, 0.1) is 13.5 Å². The standard InChI is InChI=1S/C39H45N3O6S/c1-27(2)22-33(20-21-49(4,46)47)40-38(44)36(24-28-10-6-5-7-11-28)42-39(45)35(25-29-15-18-34(48-3)19-16-29)41-37(43)26-30-14-17-31-12-8-9-13-32(31)23-30/h5-21,23,27,33,35-36H,22,24-26H2,1-4H3,(H,40,44)(H,41,43)(H,42,45)/b21-20+/t33-,35-,36-/m0/s1. The van der Waals surface area contributed by atoms with Crippen molar-refractivity contribution in [1.29, 1.82) is 0 Å². The van der Waals surface area contributed by atoms with Crippen LogP contribution in [0.4, 0.5) is 0 Å². The summed E-state index contributed by atoms with van der Waals surface area (Å²) >= 11 is 0. The van der Waals surface area contributed by atoms with Gasteiger partial charge in [-0.25, -0.2) is 8.42 Å². The van der Waals surface area contributed by atoms with Gasteiger partial charge in [0.1, 0.15) is 17.8 Å². The number of fused-ring (bicyclic) bond motifs is 1. The molecule has 10 heteroatoms. The summed E-state index contributed by atoms with van der Waals surface area (Å²) < 4.78 is 29.0. The van der Waals surface area contributed by atoms with E-state index in [0.717, 1.165) is 39.1 Å². The van der Waals surface area contributed by atoms with Crippen LogP contribution in [0.3, 0.4) is 0 Å². The predicted octanol–water partition coefficient (Wildman–Crippen LogP) is 4.94. The van der Waals surface area contributed by atoms with Crippen molar-refractivity contribution in [2.75, 3.05) is 13.4 Å². The minimum atomic E-state index is -3.42. The Morgan fingerprint density at radius 1 is 0.714 bits per heavy atom. The molecule has 4 rings (SSSR count). The molecule has 0 unspecified atom stereocenters. The fraction of sp³-hybridized carbons (Fsp3) is 0.308. The highest BCUT2D eigenvalue weighted by Gasteiger charge is 2.28. The molecule has 3 atom stereocenters. The van der Waals surface area contributed by atoms with Gasteiger partial charge in [0.2, 0.25) is 17.7 Å². The lowest BCUT2D eigenvalue weighted by atomic mass is 10.0. The van der Waals surface area contributed by atoms with Gasteiger partial charge in [-0.3, -0.25) is 14.4 Å². The summed E-state index contributed by atoms with van der Waals surface area (Å²) in [6, 6.07) is 27.6. The summed E-state index contributed by atoms with van der Waals surface area (Å²) in [6.45, 7) is 3.95. The summed E-state index contributed by atoms with van der Waals surface area (Å²) in [4.78, 5) is 41.3. The molecule has 0 aromatic heterocycles. The smallest absolute Gasteiger partial charge is 0.243 e. The number of benzene rings is 4. The molecule has 4 aromatic rings. The molecular weight excluding hydrogens is 639 g/mol. The first-order chi connectivity index (χ1) is 23.4. The van der Waals surface area contributed by atoms with Crippen LogP contribution in [-0.4, -0.2) is 57.6 Å². The Balaban J connectivity index is 1.58. The average molecular weight is 684 g/mol. The van der Waals surface area contributed by atoms with Crippen LogP contribution in [0.1, 0.15) is 37.0 Å². The van der Waals surface area contributed by atoms with Crippen molar-refractivity contribution in [3.05, 3.63) is 125 Å². The Hall–Kier alpha value is -4.96. The molecule has 9 nitrogen and oxygen atoms in total. The first-order valence-electron chi connectivity index (χ1n) is 16.3. The van der Waals surface area contributed by atoms with Gasteiger partial charge in [-0.2, -0.15) is 0 Å². The summed E-state index contributed by atoms with van der Waals surface area (Å²) in [5.74, 6) is -0.512. The monoisotopic (exact) mass is 683 g/mol. The van der Waals surface area contributed by atoms with Crippen molar-refractivity contribution >= 4 is 38.3 Å². The van der Waals surface area contributed by atoms with Crippen molar-refractivity contribution in [2.24, 2.45) is 5.92 Å². The van der Waals surface area contributed by atoms with Gasteiger partial charge in [-0.15, -0.1) is 0 Å². The number of carbonyl (C=O) groups is 3. The third-order valence-corrected chi connectivity index (χ3v) is 8.61. The van der Waals surface area contributed by atoms with Crippen LogP contribution in [0, 0.1) is 5.92 Å². The number of rotatable bonds is 16. The summed E-state index contributed by atoms with van der Waals surface area (Å²) in [7, 11) is -1.85. The lowest BCUT2D eigenvalue weighted by molar-refractivity contribution is -0.132. The molecule has 0 aliphatic rings. The maximum absolute atomic E-state index is 14.0. The largest absolute Gasteiger partial charge is 0.497 e. The number of carbonyl (C=O) groups excluding carboxylic acids is 3. The SMILES string of the molecule is COc1ccc(C[C@H](NC(=O)Cc2ccc3ccccc3c2)C(=O)N[C@@H](Cc2ccccc2)C(=O)N[C@@H](/C=C/S(C)(=O)=O)CC(C)C)cc1. The van der Waals surface area contributed by atoms with Crippen LogP contribution in [-0.2, 0) is 43.5 Å². The number of nitrogens with one attached hydrogen (secondary N) is 3. The van der Waals surface area contributed by atoms with Gasteiger partial charge in [0, 0.05) is 30.5 Å². The Morgan fingerprint density at radius 3 is 1.92 bits per heavy atom. The molecule has 0 aliphatic heterocycles. The summed E-state index contributed by atoms with van der Waals surface area (Å²) in [5.41, 5.74) is 2.42. The van der Waals surface area contributed by atoms with Crippen LogP contribution in [0.5, 0.6) is 5.75 Å². The van der Waals surface area contributed by atoms with Gasteiger partial charge in [0.25, 0.3) is 0 Å². The molecule has 0 bridgehead atoms. The molecule has 0 aliphatic carbocycles. The predicted molar refractivity (Wildman–Crippen MR) is 194 cm³/mol. The number of hydrogen-bond donors (Lipinski definition) is 3. The second-order valence-electron chi connectivity index (χ2n) is 12.7. The van der Waals surface area contributed by atoms with Crippen molar-refractivity contribution < 1.29 is 27.5 Å². The zero-order valence-corrected chi connectivity index (χ0v) is 29.2. The molecule has 4 aromatic carbocycles. The quantitative estimate of drug-likeness (QED) is 0.154. The Kier molecular flexibility index (Phi) is 13.1. The molecule has 3 amide bonds. The van der Waals surface area contributed by atoms with E-state index in [1.807, 2.05) is 98.8 Å². The third kappa shape index (κ3) is 12.2. The second kappa shape index (κ2) is 17.4. The maximum atomic E-state index is 14.0. The van der Waals surface area contributed by atoms with Crippen molar-refractivity contribution in [2.45, 2.75) is 57.7 Å². The van der Waals surface area contributed by atoms with E-state index in [1.54, 1.807) is 19.2 Å². The van der Waals surface area contributed by atoms with Crippen molar-refractivity contribution in [1.82, 2.24) is 16.0 Å². The summed E-state index contributed by atoms with van der Waals surface area (Å²) in [5, 5.41) is 11.9. The van der Waals surface area contributed by atoms with E-state index in [9.17, 15) is 22.8 Å². The highest BCUT2D eigenvalue weighted by molar-refractivity contribution is 7.93. The molecule has 0 saturated heterocycles. The molecule has 258 valence electrons. The number of methoxy groups -OCH3 is 1. The fourth-order valence-corrected chi connectivity index (χ4v) is 6.01. The first-order valence-corrected chi connectivity index (χ1v) is 18.3. The Morgan fingerprint density at radius 2 is 1.29 bits per heavy atom. The van der Waals surface area contributed by atoms with E-state index >= 15 is 0 Å². The number of ether oxygens (including phenoxy) is 1. The van der Waals surface area contributed by atoms with Crippen LogP contribution >= 0.6 is 0 Å². The highest BCUT2D eigenvalue weighted by atomic mass is 32.2. The molecule has 0 radical (unpaired) electrons. The molecule has 49 heavy (non-hydrogen) atoms. The third-order valence-electron chi connectivity index (χ3n) is 7.96. The van der Waals surface area contributed by atoms with Crippen molar-refractivity contribution in [3.63, 3.8) is 0 Å². The van der Waals surface area contributed by atoms with Gasteiger partial charge in [0.15, 0.2) is 9.84 Å². The van der Waals surface area contributed by atoms with Gasteiger partial charge < -0.3 is 20.7 Å². The van der Waals surface area contributed by atoms with E-state index in [-0.39, 0.29) is 31.1 Å². The fourth-order valence-electron chi connectivity index (χ4n) is 5.53. The highest BCUT2D eigenvalue weighted by Crippen LogP contribution is 2.17. The van der Waals surface area contributed by atoms with Gasteiger partial charge in [-0.1, -0.05) is 105 Å². The number of sulfone groups is 1. The normalized spacial score (nSPS) is 13.5. The zero-order chi connectivity index (χ0) is 35.4. The van der Waals surface area contributed by atoms with E-state index in [4.69, 9.17) is 4.74 Å². The number of hydrogen-bond acceptors (Lipinski definition) is 6. The van der Waals surface area contributed by atoms with Crippen LogP contribution in [0.15, 0.2) is 109 Å². The van der Waals surface area contributed by atoms with Crippen LogP contribution in [0.25, 0.3) is 10.8 Å². The topological polar surface area (TPSA) is 131 Å². The average Bonchev–Trinajstić information content (AvgIpc) is 3.06. The van der Waals surface area contributed by atoms with Crippen LogP contribution in [0.2, 0.25) is 0 Å². The summed E-state index contributed by atoms with van der Waals surface area (Å²) in [6.07, 6.45) is 3.47. The lowest BCUT2D eigenvalue weighted by Gasteiger charge is -2.26. The maximum Gasteiger partial charge on any atom is 0.243 e. The molecule has 0 fully saturated rings. The zero-order valence-electron chi connectivity index (χ0n) is 28.4. The molecular formula is C39H45N3O6S. The molecule has 0 spiro atoms. The minimum absolute atomic E-state index is 0.0642. The lowest BCUT2D eigenvalue weighted by Crippen LogP contribution is -2.56. The van der Waals surface area contributed by atoms with Gasteiger partial charge in [-0.05, 0) is 51.9 Å². The minimum Gasteiger partial charge on any atom is -0.497 e. The Bertz CT molecular complexity index is 1860. The Labute approximate surface area is 289 Å². The van der Waals surface area contributed by atoms with E-state index in [0.29, 0.717) is 12.2 Å². The first kappa shape index (κ1) is 36.9. The molecule has 3 N–H and O–H groups in total. The van der Waals surface area contributed by atoms with E-state index in [2.05, 4.69) is 16.0 Å². The molecule has 0 heterocycles. The van der Waals surface area contributed by atoms with Crippen LogP contribution < -0.4 is 20.7 Å². The molecule has 0 saturated carbocycles. The second-order valence-corrected chi connectivity index (χ2v) is 14.6. The van der Waals surface area contributed by atoms with Crippen molar-refractivity contribution in [3.8, 4) is 5.75 Å². The van der Waals surface area contributed by atoms with E-state index < -0.39 is 39.8 Å². The van der Waals surface area contributed by atoms with Gasteiger partial charge >= 0.3 is 0 Å².